The molecule has 2 N–H and O–H groups in total. The van der Waals surface area contributed by atoms with Crippen molar-refractivity contribution >= 4 is 0 Å². The molecule has 0 aliphatic carbocycles. The van der Waals surface area contributed by atoms with Crippen molar-refractivity contribution in [2.75, 3.05) is 13.7 Å². The first-order chi connectivity index (χ1) is 6.61. The van der Waals surface area contributed by atoms with Crippen LogP contribution in [0, 0.1) is 6.92 Å². The molecule has 78 valence electrons. The number of benzene rings is 1. The molecule has 0 amide bonds. The Morgan fingerprint density at radius 3 is 2.43 bits per heavy atom. The van der Waals surface area contributed by atoms with Gasteiger partial charge < -0.3 is 19.7 Å². The van der Waals surface area contributed by atoms with Crippen LogP contribution in [0.2, 0.25) is 0 Å². The Labute approximate surface area is 82.7 Å². The van der Waals surface area contributed by atoms with Crippen LogP contribution in [0.25, 0.3) is 0 Å². The summed E-state index contributed by atoms with van der Waals surface area (Å²) in [7, 11) is 1.41. The summed E-state index contributed by atoms with van der Waals surface area (Å²) in [5.74, 6) is 0.315. The fourth-order valence-corrected chi connectivity index (χ4v) is 1.22. The van der Waals surface area contributed by atoms with Crippen LogP contribution in [0.15, 0.2) is 6.07 Å². The molecule has 0 aliphatic rings. The molecule has 0 saturated carbocycles. The lowest BCUT2D eigenvalue weighted by Crippen LogP contribution is -1.97. The first kappa shape index (κ1) is 10.5. The molecular weight excluding hydrogens is 184 g/mol. The Hall–Kier alpha value is -1.58. The molecule has 0 heterocycles. The molecule has 0 unspecified atom stereocenters. The maximum absolute atomic E-state index is 9.65. The topological polar surface area (TPSA) is 58.9 Å². The van der Waals surface area contributed by atoms with E-state index < -0.39 is 0 Å². The molecule has 1 aromatic carbocycles. The molecule has 0 aliphatic heterocycles. The summed E-state index contributed by atoms with van der Waals surface area (Å²) >= 11 is 0. The van der Waals surface area contributed by atoms with Gasteiger partial charge in [0.05, 0.1) is 13.7 Å². The standard InChI is InChI=1S/C10H14O4/c1-4-14-10-8(12)6(2)5-7(11)9(10)13-3/h5,11-12H,4H2,1-3H3. The second kappa shape index (κ2) is 4.09. The van der Waals surface area contributed by atoms with Gasteiger partial charge in [-0.15, -0.1) is 0 Å². The molecule has 4 heteroatoms. The Morgan fingerprint density at radius 2 is 1.93 bits per heavy atom. The van der Waals surface area contributed by atoms with Crippen molar-refractivity contribution in [1.82, 2.24) is 0 Å². The summed E-state index contributed by atoms with van der Waals surface area (Å²) in [5, 5.41) is 19.2. The van der Waals surface area contributed by atoms with Crippen molar-refractivity contribution in [3.63, 3.8) is 0 Å². The number of hydrogen-bond donors (Lipinski definition) is 2. The van der Waals surface area contributed by atoms with Gasteiger partial charge in [0.1, 0.15) is 0 Å². The molecule has 1 aromatic rings. The number of hydrogen-bond acceptors (Lipinski definition) is 4. The van der Waals surface area contributed by atoms with Crippen LogP contribution in [0.4, 0.5) is 0 Å². The third-order valence-corrected chi connectivity index (χ3v) is 1.87. The van der Waals surface area contributed by atoms with Gasteiger partial charge in [0.25, 0.3) is 0 Å². The van der Waals surface area contributed by atoms with Gasteiger partial charge in [0.2, 0.25) is 11.5 Å². The normalized spacial score (nSPS) is 9.93. The van der Waals surface area contributed by atoms with Crippen LogP contribution in [-0.4, -0.2) is 23.9 Å². The fourth-order valence-electron chi connectivity index (χ4n) is 1.22. The Kier molecular flexibility index (Phi) is 3.06. The summed E-state index contributed by atoms with van der Waals surface area (Å²) in [6, 6.07) is 1.43. The lowest BCUT2D eigenvalue weighted by molar-refractivity contribution is 0.283. The monoisotopic (exact) mass is 198 g/mol. The van der Waals surface area contributed by atoms with E-state index in [-0.39, 0.29) is 23.0 Å². The zero-order valence-electron chi connectivity index (χ0n) is 8.50. The number of ether oxygens (including phenoxy) is 2. The minimum atomic E-state index is -0.0359. The molecule has 1 rings (SSSR count). The van der Waals surface area contributed by atoms with E-state index in [9.17, 15) is 10.2 Å². The van der Waals surface area contributed by atoms with Crippen LogP contribution in [0.5, 0.6) is 23.0 Å². The number of aromatic hydroxyl groups is 2. The van der Waals surface area contributed by atoms with E-state index in [0.717, 1.165) is 0 Å². The van der Waals surface area contributed by atoms with E-state index in [4.69, 9.17) is 9.47 Å². The fraction of sp³-hybridized carbons (Fsp3) is 0.400. The highest BCUT2D eigenvalue weighted by molar-refractivity contribution is 5.61. The largest absolute Gasteiger partial charge is 0.504 e. The molecule has 0 saturated heterocycles. The third-order valence-electron chi connectivity index (χ3n) is 1.87. The molecule has 0 aromatic heterocycles. The van der Waals surface area contributed by atoms with Gasteiger partial charge in [-0.05, 0) is 25.5 Å². The van der Waals surface area contributed by atoms with Gasteiger partial charge >= 0.3 is 0 Å². The third kappa shape index (κ3) is 1.69. The maximum atomic E-state index is 9.65. The van der Waals surface area contributed by atoms with Crippen molar-refractivity contribution < 1.29 is 19.7 Å². The van der Waals surface area contributed by atoms with Gasteiger partial charge in [-0.3, -0.25) is 0 Å². The average molecular weight is 198 g/mol. The highest BCUT2D eigenvalue weighted by Gasteiger charge is 2.17. The van der Waals surface area contributed by atoms with E-state index in [1.165, 1.54) is 13.2 Å². The van der Waals surface area contributed by atoms with Crippen molar-refractivity contribution in [2.24, 2.45) is 0 Å². The van der Waals surface area contributed by atoms with Gasteiger partial charge in [-0.25, -0.2) is 0 Å². The van der Waals surface area contributed by atoms with Crippen LogP contribution >= 0.6 is 0 Å². The Bertz CT molecular complexity index is 333. The van der Waals surface area contributed by atoms with E-state index in [0.29, 0.717) is 12.2 Å². The molecule has 0 bridgehead atoms. The van der Waals surface area contributed by atoms with Gasteiger partial charge in [0, 0.05) is 0 Å². The number of rotatable bonds is 3. The van der Waals surface area contributed by atoms with Crippen LogP contribution in [0.3, 0.4) is 0 Å². The summed E-state index contributed by atoms with van der Waals surface area (Å²) in [4.78, 5) is 0. The maximum Gasteiger partial charge on any atom is 0.207 e. The van der Waals surface area contributed by atoms with Crippen LogP contribution in [-0.2, 0) is 0 Å². The van der Waals surface area contributed by atoms with E-state index in [1.807, 2.05) is 0 Å². The second-order valence-corrected chi connectivity index (χ2v) is 2.86. The first-order valence-corrected chi connectivity index (χ1v) is 4.34. The Balaban J connectivity index is 3.32. The number of aryl methyl sites for hydroxylation is 1. The summed E-state index contributed by atoms with van der Waals surface area (Å²) < 4.78 is 10.1. The van der Waals surface area contributed by atoms with E-state index >= 15 is 0 Å². The van der Waals surface area contributed by atoms with Gasteiger partial charge in [-0.2, -0.15) is 0 Å². The Morgan fingerprint density at radius 1 is 1.29 bits per heavy atom. The highest BCUT2D eigenvalue weighted by atomic mass is 16.5. The molecule has 14 heavy (non-hydrogen) atoms. The summed E-state index contributed by atoms with van der Waals surface area (Å²) in [6.45, 7) is 3.86. The number of phenols is 2. The molecule has 0 atom stereocenters. The van der Waals surface area contributed by atoms with Crippen molar-refractivity contribution in [1.29, 1.82) is 0 Å². The minimum Gasteiger partial charge on any atom is -0.504 e. The minimum absolute atomic E-state index is 0.00139. The average Bonchev–Trinajstić information content (AvgIpc) is 2.14. The first-order valence-electron chi connectivity index (χ1n) is 4.34. The molecule has 0 spiro atoms. The molecular formula is C10H14O4. The predicted octanol–water partition coefficient (Wildman–Crippen LogP) is 1.81. The second-order valence-electron chi connectivity index (χ2n) is 2.86. The van der Waals surface area contributed by atoms with Gasteiger partial charge in [0.15, 0.2) is 11.5 Å². The zero-order chi connectivity index (χ0) is 10.7. The van der Waals surface area contributed by atoms with Crippen molar-refractivity contribution in [2.45, 2.75) is 13.8 Å². The molecule has 4 nitrogen and oxygen atoms in total. The van der Waals surface area contributed by atoms with E-state index in [2.05, 4.69) is 0 Å². The lowest BCUT2D eigenvalue weighted by atomic mass is 10.2. The predicted molar refractivity (Wildman–Crippen MR) is 52.2 cm³/mol. The van der Waals surface area contributed by atoms with Gasteiger partial charge in [-0.1, -0.05) is 0 Å². The quantitative estimate of drug-likeness (QED) is 0.727. The molecule has 0 radical (unpaired) electrons. The number of methoxy groups -OCH3 is 1. The number of phenolic OH excluding ortho intramolecular Hbond substituents is 2. The van der Waals surface area contributed by atoms with Crippen molar-refractivity contribution in [3.8, 4) is 23.0 Å². The van der Waals surface area contributed by atoms with E-state index in [1.54, 1.807) is 13.8 Å². The summed E-state index contributed by atoms with van der Waals surface area (Å²) in [6.07, 6.45) is 0. The van der Waals surface area contributed by atoms with Crippen molar-refractivity contribution in [3.05, 3.63) is 11.6 Å². The summed E-state index contributed by atoms with van der Waals surface area (Å²) in [5.41, 5.74) is 0.548. The SMILES string of the molecule is CCOc1c(O)c(C)cc(O)c1OC. The zero-order valence-corrected chi connectivity index (χ0v) is 8.50. The van der Waals surface area contributed by atoms with Crippen LogP contribution < -0.4 is 9.47 Å². The molecule has 0 fully saturated rings. The lowest BCUT2D eigenvalue weighted by Gasteiger charge is -2.13. The highest BCUT2D eigenvalue weighted by Crippen LogP contribution is 2.45. The smallest absolute Gasteiger partial charge is 0.207 e. The van der Waals surface area contributed by atoms with Crippen LogP contribution in [0.1, 0.15) is 12.5 Å².